The average molecular weight is 282 g/mol. The molecule has 0 unspecified atom stereocenters. The fourth-order valence-corrected chi connectivity index (χ4v) is 2.83. The Bertz CT molecular complexity index is 433. The Kier molecular flexibility index (Phi) is 4.93. The van der Waals surface area contributed by atoms with E-state index in [9.17, 15) is 14.7 Å². The molecule has 0 saturated heterocycles. The minimum atomic E-state index is -0.467. The minimum absolute atomic E-state index is 0.0556. The molecule has 0 bridgehead atoms. The highest BCUT2D eigenvalue weighted by Crippen LogP contribution is 2.18. The maximum Gasteiger partial charge on any atom is 0.261 e. The summed E-state index contributed by atoms with van der Waals surface area (Å²) in [5.41, 5.74) is 0. The average Bonchev–Trinajstić information content (AvgIpc) is 2.93. The number of amides is 2. The Hall–Kier alpha value is -1.40. The van der Waals surface area contributed by atoms with E-state index in [1.165, 1.54) is 11.3 Å². The molecule has 1 aromatic rings. The van der Waals surface area contributed by atoms with Crippen LogP contribution in [0, 0.1) is 0 Å². The molecule has 1 aliphatic rings. The minimum Gasteiger partial charge on any atom is -0.391 e. The van der Waals surface area contributed by atoms with E-state index in [1.54, 1.807) is 12.1 Å². The summed E-state index contributed by atoms with van der Waals surface area (Å²) < 4.78 is 0. The van der Waals surface area contributed by atoms with Gasteiger partial charge < -0.3 is 15.7 Å². The molecule has 1 heterocycles. The summed E-state index contributed by atoms with van der Waals surface area (Å²) in [5, 5.41) is 16.9. The largest absolute Gasteiger partial charge is 0.391 e. The first-order valence-corrected chi connectivity index (χ1v) is 7.34. The number of nitrogens with one attached hydrogen (secondary N) is 2. The predicted molar refractivity (Wildman–Crippen MR) is 73.1 cm³/mol. The molecule has 0 aromatic carbocycles. The topological polar surface area (TPSA) is 78.4 Å². The molecule has 19 heavy (non-hydrogen) atoms. The van der Waals surface area contributed by atoms with Crippen LogP contribution < -0.4 is 10.6 Å². The summed E-state index contributed by atoms with van der Waals surface area (Å²) in [7, 11) is 0. The lowest BCUT2D eigenvalue weighted by atomic mass is 9.92. The third kappa shape index (κ3) is 4.04. The molecule has 2 atom stereocenters. The van der Waals surface area contributed by atoms with Gasteiger partial charge in [-0.2, -0.15) is 0 Å². The SMILES string of the molecule is O=C(CNC(=O)c1cccs1)N[C@H]1CCCC[C@@H]1O. The molecule has 2 rings (SSSR count). The Labute approximate surface area is 116 Å². The van der Waals surface area contributed by atoms with Gasteiger partial charge in [-0.1, -0.05) is 18.9 Å². The number of carbonyl (C=O) groups excluding carboxylic acids is 2. The number of hydrogen-bond acceptors (Lipinski definition) is 4. The van der Waals surface area contributed by atoms with E-state index in [-0.39, 0.29) is 24.4 Å². The maximum absolute atomic E-state index is 11.7. The number of aliphatic hydroxyl groups is 1. The van der Waals surface area contributed by atoms with Crippen molar-refractivity contribution in [2.75, 3.05) is 6.54 Å². The summed E-state index contributed by atoms with van der Waals surface area (Å²) in [4.78, 5) is 23.9. The van der Waals surface area contributed by atoms with Crippen LogP contribution in [-0.4, -0.2) is 35.6 Å². The van der Waals surface area contributed by atoms with Crippen LogP contribution in [0.5, 0.6) is 0 Å². The number of thiophene rings is 1. The van der Waals surface area contributed by atoms with Gasteiger partial charge in [-0.05, 0) is 24.3 Å². The number of rotatable bonds is 4. The lowest BCUT2D eigenvalue weighted by molar-refractivity contribution is -0.122. The van der Waals surface area contributed by atoms with Crippen LogP contribution in [0.15, 0.2) is 17.5 Å². The second kappa shape index (κ2) is 6.68. The van der Waals surface area contributed by atoms with Gasteiger partial charge in [-0.15, -0.1) is 11.3 Å². The highest BCUT2D eigenvalue weighted by Gasteiger charge is 2.24. The highest BCUT2D eigenvalue weighted by molar-refractivity contribution is 7.12. The van der Waals surface area contributed by atoms with Crippen LogP contribution in [0.3, 0.4) is 0 Å². The molecule has 104 valence electrons. The van der Waals surface area contributed by atoms with Crippen LogP contribution in [0.1, 0.15) is 35.4 Å². The second-order valence-electron chi connectivity index (χ2n) is 4.69. The van der Waals surface area contributed by atoms with Crippen LogP contribution in [0.2, 0.25) is 0 Å². The molecular weight excluding hydrogens is 264 g/mol. The van der Waals surface area contributed by atoms with Crippen molar-refractivity contribution in [1.82, 2.24) is 10.6 Å². The molecule has 1 saturated carbocycles. The van der Waals surface area contributed by atoms with Gasteiger partial charge in [-0.3, -0.25) is 9.59 Å². The van der Waals surface area contributed by atoms with Gasteiger partial charge in [0.05, 0.1) is 23.6 Å². The van der Waals surface area contributed by atoms with E-state index >= 15 is 0 Å². The van der Waals surface area contributed by atoms with Crippen molar-refractivity contribution in [3.05, 3.63) is 22.4 Å². The first kappa shape index (κ1) is 14.0. The van der Waals surface area contributed by atoms with Gasteiger partial charge in [0, 0.05) is 0 Å². The normalized spacial score (nSPS) is 22.8. The van der Waals surface area contributed by atoms with Gasteiger partial charge in [0.2, 0.25) is 5.91 Å². The molecule has 5 nitrogen and oxygen atoms in total. The quantitative estimate of drug-likeness (QED) is 0.767. The summed E-state index contributed by atoms with van der Waals surface area (Å²) in [5.74, 6) is -0.495. The standard InChI is InChI=1S/C13H18N2O3S/c16-10-5-2-1-4-9(10)15-12(17)8-14-13(18)11-6-3-7-19-11/h3,6-7,9-10,16H,1-2,4-5,8H2,(H,14,18)(H,15,17)/t9-,10-/m0/s1. The molecule has 1 aromatic heterocycles. The maximum atomic E-state index is 11.7. The lowest BCUT2D eigenvalue weighted by Gasteiger charge is -2.28. The zero-order valence-corrected chi connectivity index (χ0v) is 11.4. The zero-order valence-electron chi connectivity index (χ0n) is 10.6. The van der Waals surface area contributed by atoms with Crippen molar-refractivity contribution >= 4 is 23.2 Å². The molecule has 3 N–H and O–H groups in total. The fraction of sp³-hybridized carbons (Fsp3) is 0.538. The van der Waals surface area contributed by atoms with Crippen LogP contribution in [0.4, 0.5) is 0 Å². The van der Waals surface area contributed by atoms with Crippen molar-refractivity contribution in [2.45, 2.75) is 37.8 Å². The molecule has 0 spiro atoms. The van der Waals surface area contributed by atoms with Gasteiger partial charge in [0.25, 0.3) is 5.91 Å². The van der Waals surface area contributed by atoms with Crippen molar-refractivity contribution in [3.8, 4) is 0 Å². The molecule has 1 aliphatic carbocycles. The Balaban J connectivity index is 1.74. The van der Waals surface area contributed by atoms with Gasteiger partial charge >= 0.3 is 0 Å². The molecule has 0 radical (unpaired) electrons. The summed E-state index contributed by atoms with van der Waals surface area (Å²) in [6.07, 6.45) is 3.08. The molecular formula is C13H18N2O3S. The van der Waals surface area contributed by atoms with E-state index in [0.29, 0.717) is 4.88 Å². The summed E-state index contributed by atoms with van der Waals surface area (Å²) >= 11 is 1.34. The smallest absolute Gasteiger partial charge is 0.261 e. The number of carbonyl (C=O) groups is 2. The lowest BCUT2D eigenvalue weighted by Crippen LogP contribution is -2.48. The molecule has 2 amide bonds. The van der Waals surface area contributed by atoms with E-state index in [1.807, 2.05) is 5.38 Å². The summed E-state index contributed by atoms with van der Waals surface area (Å²) in [6.45, 7) is -0.0556. The number of aliphatic hydroxyl groups excluding tert-OH is 1. The van der Waals surface area contributed by atoms with Gasteiger partial charge in [0.15, 0.2) is 0 Å². The van der Waals surface area contributed by atoms with Gasteiger partial charge in [0.1, 0.15) is 0 Å². The van der Waals surface area contributed by atoms with Crippen molar-refractivity contribution in [2.24, 2.45) is 0 Å². The molecule has 6 heteroatoms. The fourth-order valence-electron chi connectivity index (χ4n) is 2.19. The Morgan fingerprint density at radius 1 is 1.37 bits per heavy atom. The third-order valence-corrected chi connectivity index (χ3v) is 4.10. The Morgan fingerprint density at radius 2 is 2.16 bits per heavy atom. The zero-order chi connectivity index (χ0) is 13.7. The van der Waals surface area contributed by atoms with Gasteiger partial charge in [-0.25, -0.2) is 0 Å². The van der Waals surface area contributed by atoms with E-state index < -0.39 is 6.10 Å². The van der Waals surface area contributed by atoms with Crippen molar-refractivity contribution in [3.63, 3.8) is 0 Å². The predicted octanol–water partition coefficient (Wildman–Crippen LogP) is 0.898. The second-order valence-corrected chi connectivity index (χ2v) is 5.63. The summed E-state index contributed by atoms with van der Waals surface area (Å²) in [6, 6.07) is 3.32. The van der Waals surface area contributed by atoms with E-state index in [0.717, 1.165) is 25.7 Å². The third-order valence-electron chi connectivity index (χ3n) is 3.23. The molecule has 0 aliphatic heterocycles. The first-order valence-electron chi connectivity index (χ1n) is 6.46. The van der Waals surface area contributed by atoms with Crippen LogP contribution >= 0.6 is 11.3 Å². The first-order chi connectivity index (χ1) is 9.16. The van der Waals surface area contributed by atoms with Crippen molar-refractivity contribution < 1.29 is 14.7 Å². The Morgan fingerprint density at radius 3 is 2.84 bits per heavy atom. The molecule has 1 fully saturated rings. The number of hydrogen-bond donors (Lipinski definition) is 3. The van der Waals surface area contributed by atoms with Crippen LogP contribution in [0.25, 0.3) is 0 Å². The van der Waals surface area contributed by atoms with Crippen molar-refractivity contribution in [1.29, 1.82) is 0 Å². The van der Waals surface area contributed by atoms with Crippen LogP contribution in [-0.2, 0) is 4.79 Å². The monoisotopic (exact) mass is 282 g/mol. The van der Waals surface area contributed by atoms with E-state index in [2.05, 4.69) is 10.6 Å². The highest BCUT2D eigenvalue weighted by atomic mass is 32.1. The van der Waals surface area contributed by atoms with E-state index in [4.69, 9.17) is 0 Å².